The molecule has 1 N–H and O–H groups in total. The number of benzene rings is 2. The van der Waals surface area contributed by atoms with Crippen LogP contribution in [0.4, 0.5) is 29.3 Å². The number of nitrogens with zero attached hydrogens (tertiary/aromatic N) is 1. The number of alkyl halides is 3. The Balaban J connectivity index is 1.39. The van der Waals surface area contributed by atoms with Gasteiger partial charge in [0.25, 0.3) is 0 Å². The van der Waals surface area contributed by atoms with E-state index in [4.69, 9.17) is 37.9 Å². The predicted molar refractivity (Wildman–Crippen MR) is 175 cm³/mol. The number of halogens is 3. The molecule has 49 heavy (non-hydrogen) atoms. The van der Waals surface area contributed by atoms with Crippen LogP contribution in [0.5, 0.6) is 0 Å². The molecule has 2 aromatic rings. The van der Waals surface area contributed by atoms with Gasteiger partial charge in [0.2, 0.25) is 0 Å². The lowest BCUT2D eigenvalue weighted by molar-refractivity contribution is -0.137. The lowest BCUT2D eigenvalue weighted by Crippen LogP contribution is -2.36. The van der Waals surface area contributed by atoms with Crippen molar-refractivity contribution >= 4 is 23.4 Å². The molecule has 0 spiro atoms. The lowest BCUT2D eigenvalue weighted by Gasteiger charge is -2.24. The summed E-state index contributed by atoms with van der Waals surface area (Å²) in [6.07, 6.45) is -4.87. The summed E-state index contributed by atoms with van der Waals surface area (Å²) >= 11 is 0. The maximum absolute atomic E-state index is 13.0. The smallest absolute Gasteiger partial charge is 0.416 e. The minimum atomic E-state index is -4.48. The molecule has 0 aromatic heterocycles. The highest BCUT2D eigenvalue weighted by Crippen LogP contribution is 2.32. The zero-order valence-corrected chi connectivity index (χ0v) is 28.7. The summed E-state index contributed by atoms with van der Waals surface area (Å²) in [5.41, 5.74) is -0.635. The van der Waals surface area contributed by atoms with Gasteiger partial charge in [-0.2, -0.15) is 13.2 Å². The van der Waals surface area contributed by atoms with Crippen molar-refractivity contribution in [1.82, 2.24) is 4.90 Å². The van der Waals surface area contributed by atoms with Crippen LogP contribution < -0.4 is 5.32 Å². The quantitative estimate of drug-likeness (QED) is 0.109. The van der Waals surface area contributed by atoms with Gasteiger partial charge in [-0.3, -0.25) is 0 Å². The van der Waals surface area contributed by atoms with Gasteiger partial charge in [-0.1, -0.05) is 18.2 Å². The molecule has 2 rings (SSSR count). The molecule has 276 valence electrons. The molecular weight excluding hydrogens is 653 g/mol. The number of rotatable bonds is 24. The molecule has 0 saturated heterocycles. The number of carbonyl (C=O) groups is 2. The standard InChI is InChI=1S/C34H49F3N2O10/c1-33(2,3)49-32(41)39(4)12-13-42-14-15-43-16-17-44-18-19-45-20-21-46-22-23-47-24-25-48-31(40)29-10-5-6-11-30(29)38-28-9-7-8-27(26-28)34(35,36)37/h5-11,26,38H,12-25H2,1-4H3. The number of para-hydroxylation sites is 1. The van der Waals surface area contributed by atoms with E-state index in [9.17, 15) is 22.8 Å². The Labute approximate surface area is 286 Å². The van der Waals surface area contributed by atoms with Crippen LogP contribution in [0, 0.1) is 0 Å². The first-order valence-electron chi connectivity index (χ1n) is 16.0. The number of esters is 1. The van der Waals surface area contributed by atoms with Crippen LogP contribution in [0.3, 0.4) is 0 Å². The fourth-order valence-corrected chi connectivity index (χ4v) is 3.80. The van der Waals surface area contributed by atoms with Gasteiger partial charge < -0.3 is 48.1 Å². The number of carbonyl (C=O) groups excluding carboxylic acids is 2. The Morgan fingerprint density at radius 2 is 1.16 bits per heavy atom. The highest BCUT2D eigenvalue weighted by Gasteiger charge is 2.30. The van der Waals surface area contributed by atoms with Crippen LogP contribution in [-0.2, 0) is 44.1 Å². The molecule has 2 aromatic carbocycles. The topological polar surface area (TPSA) is 123 Å². The number of anilines is 2. The fraction of sp³-hybridized carbons (Fsp3) is 0.588. The van der Waals surface area contributed by atoms with Gasteiger partial charge >= 0.3 is 18.2 Å². The third-order valence-corrected chi connectivity index (χ3v) is 6.21. The summed E-state index contributed by atoms with van der Waals surface area (Å²) in [5, 5.41) is 2.85. The Bertz CT molecular complexity index is 1230. The van der Waals surface area contributed by atoms with Crippen LogP contribution >= 0.6 is 0 Å². The molecule has 0 saturated carbocycles. The van der Waals surface area contributed by atoms with Crippen molar-refractivity contribution in [3.05, 3.63) is 59.7 Å². The number of ether oxygens (including phenoxy) is 8. The second-order valence-electron chi connectivity index (χ2n) is 11.5. The van der Waals surface area contributed by atoms with Crippen molar-refractivity contribution in [2.75, 3.05) is 105 Å². The SMILES string of the molecule is CN(CCOCCOCCOCCOCCOCCOCCOC(=O)c1ccccc1Nc1cccc(C(F)(F)F)c1)C(=O)OC(C)(C)C. The minimum absolute atomic E-state index is 0.00610. The number of likely N-dealkylation sites (N-methyl/N-ethyl adjacent to an activating group) is 1. The molecule has 0 atom stereocenters. The summed E-state index contributed by atoms with van der Waals surface area (Å²) in [7, 11) is 1.66. The molecule has 0 aliphatic heterocycles. The van der Waals surface area contributed by atoms with Crippen LogP contribution in [-0.4, -0.2) is 122 Å². The van der Waals surface area contributed by atoms with Crippen LogP contribution in [0.15, 0.2) is 48.5 Å². The van der Waals surface area contributed by atoms with Crippen LogP contribution in [0.25, 0.3) is 0 Å². The van der Waals surface area contributed by atoms with Crippen LogP contribution in [0.1, 0.15) is 36.7 Å². The van der Waals surface area contributed by atoms with E-state index in [1.165, 1.54) is 23.1 Å². The lowest BCUT2D eigenvalue weighted by atomic mass is 10.1. The van der Waals surface area contributed by atoms with E-state index >= 15 is 0 Å². The first kappa shape index (κ1) is 41.7. The van der Waals surface area contributed by atoms with Gasteiger partial charge in [0.15, 0.2) is 0 Å². The zero-order valence-electron chi connectivity index (χ0n) is 28.7. The van der Waals surface area contributed by atoms with E-state index in [1.54, 1.807) is 25.2 Å². The molecule has 15 heteroatoms. The van der Waals surface area contributed by atoms with Gasteiger partial charge in [-0.25, -0.2) is 9.59 Å². The molecule has 0 radical (unpaired) electrons. The summed E-state index contributed by atoms with van der Waals surface area (Å²) in [5.74, 6) is -0.633. The molecule has 0 aliphatic carbocycles. The molecule has 0 unspecified atom stereocenters. The third-order valence-electron chi connectivity index (χ3n) is 6.21. The normalized spacial score (nSPS) is 11.7. The largest absolute Gasteiger partial charge is 0.460 e. The zero-order chi connectivity index (χ0) is 36.0. The maximum atomic E-state index is 13.0. The highest BCUT2D eigenvalue weighted by molar-refractivity contribution is 5.96. The second-order valence-corrected chi connectivity index (χ2v) is 11.5. The van der Waals surface area contributed by atoms with E-state index in [2.05, 4.69) is 5.32 Å². The molecule has 1 amide bonds. The predicted octanol–water partition coefficient (Wildman–Crippen LogP) is 5.57. The van der Waals surface area contributed by atoms with Crippen molar-refractivity contribution in [3.8, 4) is 0 Å². The second kappa shape index (κ2) is 23.0. The maximum Gasteiger partial charge on any atom is 0.416 e. The van der Waals surface area contributed by atoms with E-state index in [0.717, 1.165) is 12.1 Å². The van der Waals surface area contributed by atoms with E-state index in [-0.39, 0.29) is 30.6 Å². The van der Waals surface area contributed by atoms with Gasteiger partial charge in [-0.05, 0) is 51.1 Å². The van der Waals surface area contributed by atoms with E-state index in [0.29, 0.717) is 84.9 Å². The Hall–Kier alpha value is -3.47. The monoisotopic (exact) mass is 702 g/mol. The summed E-state index contributed by atoms with van der Waals surface area (Å²) in [6.45, 7) is 10.3. The molecule has 0 fully saturated rings. The summed E-state index contributed by atoms with van der Waals surface area (Å²) in [4.78, 5) is 25.9. The Morgan fingerprint density at radius 1 is 0.673 bits per heavy atom. The van der Waals surface area contributed by atoms with Gasteiger partial charge in [0, 0.05) is 19.3 Å². The van der Waals surface area contributed by atoms with Gasteiger partial charge in [0.1, 0.15) is 12.2 Å². The number of hydrogen-bond donors (Lipinski definition) is 1. The van der Waals surface area contributed by atoms with Crippen molar-refractivity contribution in [3.63, 3.8) is 0 Å². The number of hydrogen-bond acceptors (Lipinski definition) is 11. The average Bonchev–Trinajstić information content (AvgIpc) is 3.04. The molecular formula is C34H49F3N2O10. The van der Waals surface area contributed by atoms with E-state index in [1.807, 2.05) is 20.8 Å². The summed E-state index contributed by atoms with van der Waals surface area (Å²) in [6, 6.07) is 11.1. The van der Waals surface area contributed by atoms with E-state index < -0.39 is 23.3 Å². The van der Waals surface area contributed by atoms with Crippen molar-refractivity contribution < 1.29 is 60.7 Å². The van der Waals surface area contributed by atoms with Crippen molar-refractivity contribution in [2.24, 2.45) is 0 Å². The molecule has 0 heterocycles. The highest BCUT2D eigenvalue weighted by atomic mass is 19.4. The van der Waals surface area contributed by atoms with Crippen molar-refractivity contribution in [2.45, 2.75) is 32.5 Å². The summed E-state index contributed by atoms with van der Waals surface area (Å²) < 4.78 is 82.3. The van der Waals surface area contributed by atoms with Gasteiger partial charge in [0.05, 0.1) is 96.1 Å². The minimum Gasteiger partial charge on any atom is -0.460 e. The third kappa shape index (κ3) is 19.3. The Kier molecular flexibility index (Phi) is 19.6. The average molecular weight is 703 g/mol. The van der Waals surface area contributed by atoms with Crippen LogP contribution in [0.2, 0.25) is 0 Å². The number of amides is 1. The fourth-order valence-electron chi connectivity index (χ4n) is 3.80. The molecule has 0 aliphatic rings. The first-order valence-corrected chi connectivity index (χ1v) is 16.0. The number of nitrogens with one attached hydrogen (secondary N) is 1. The Morgan fingerprint density at radius 3 is 1.67 bits per heavy atom. The molecule has 12 nitrogen and oxygen atoms in total. The van der Waals surface area contributed by atoms with Crippen molar-refractivity contribution in [1.29, 1.82) is 0 Å². The first-order chi connectivity index (χ1) is 23.4. The van der Waals surface area contributed by atoms with Gasteiger partial charge in [-0.15, -0.1) is 0 Å². The molecule has 0 bridgehead atoms.